The number of carbonyl (C=O) groups excluding carboxylic acids is 1. The van der Waals surface area contributed by atoms with Gasteiger partial charge in [-0.1, -0.05) is 64.5 Å². The van der Waals surface area contributed by atoms with Gasteiger partial charge in [0.05, 0.1) is 25.3 Å². The zero-order valence-electron chi connectivity index (χ0n) is 19.9. The van der Waals surface area contributed by atoms with Crippen LogP contribution in [0.3, 0.4) is 0 Å². The largest absolute Gasteiger partial charge is 0.497 e. The van der Waals surface area contributed by atoms with Gasteiger partial charge in [0.1, 0.15) is 5.75 Å². The Labute approximate surface area is 218 Å². The molecule has 3 aromatic carbocycles. The van der Waals surface area contributed by atoms with Crippen LogP contribution in [-0.4, -0.2) is 23.0 Å². The molecule has 5 rings (SSSR count). The Morgan fingerprint density at radius 3 is 2.61 bits per heavy atom. The predicted molar refractivity (Wildman–Crippen MR) is 147 cm³/mol. The third-order valence-electron chi connectivity index (χ3n) is 6.27. The summed E-state index contributed by atoms with van der Waals surface area (Å²) in [6, 6.07) is 27.9. The topological polar surface area (TPSA) is 67.0 Å². The third-order valence-corrected chi connectivity index (χ3v) is 6.80. The highest BCUT2D eigenvalue weighted by atomic mass is 79.9. The molecule has 0 aliphatic carbocycles. The standard InChI is InChI=1S/C30H26BrN3O2/c1-36-24-13-14-27-26(18-24)22(19-33-27)17-29(35)34-28(16-20-6-3-2-4-7-20)30-25(8-5-15-32-30)21-9-11-23(31)12-10-21/h2-15,18-19,28,33H,16-17H2,1H3,(H,34,35)/t28-/m0/s1. The molecule has 0 saturated carbocycles. The fourth-order valence-corrected chi connectivity index (χ4v) is 4.75. The zero-order chi connectivity index (χ0) is 24.9. The maximum absolute atomic E-state index is 13.4. The van der Waals surface area contributed by atoms with Crippen molar-refractivity contribution in [2.45, 2.75) is 18.9 Å². The minimum Gasteiger partial charge on any atom is -0.497 e. The van der Waals surface area contributed by atoms with E-state index in [1.807, 2.05) is 60.8 Å². The Balaban J connectivity index is 1.46. The lowest BCUT2D eigenvalue weighted by Crippen LogP contribution is -2.32. The number of amides is 1. The molecule has 0 bridgehead atoms. The Kier molecular flexibility index (Phi) is 7.14. The van der Waals surface area contributed by atoms with Gasteiger partial charge in [0.2, 0.25) is 5.91 Å². The van der Waals surface area contributed by atoms with Gasteiger partial charge >= 0.3 is 0 Å². The first-order chi connectivity index (χ1) is 17.6. The number of aromatic amines is 1. The quantitative estimate of drug-likeness (QED) is 0.232. The normalized spacial score (nSPS) is 11.8. The van der Waals surface area contributed by atoms with Crippen LogP contribution in [0, 0.1) is 0 Å². The number of rotatable bonds is 8. The first kappa shape index (κ1) is 23.8. The number of methoxy groups -OCH3 is 1. The molecule has 0 spiro atoms. The number of benzene rings is 3. The summed E-state index contributed by atoms with van der Waals surface area (Å²) in [5, 5.41) is 4.26. The van der Waals surface area contributed by atoms with E-state index in [9.17, 15) is 4.79 Å². The van der Waals surface area contributed by atoms with E-state index in [4.69, 9.17) is 9.72 Å². The average molecular weight is 540 g/mol. The number of aromatic nitrogens is 2. The van der Waals surface area contributed by atoms with Gasteiger partial charge in [-0.3, -0.25) is 9.78 Å². The number of H-pyrrole nitrogens is 1. The number of halogens is 1. The molecule has 6 heteroatoms. The fraction of sp³-hybridized carbons (Fsp3) is 0.133. The number of nitrogens with zero attached hydrogens (tertiary/aromatic N) is 1. The van der Waals surface area contributed by atoms with Crippen molar-refractivity contribution in [3.05, 3.63) is 119 Å². The van der Waals surface area contributed by atoms with Crippen molar-refractivity contribution in [1.82, 2.24) is 15.3 Å². The van der Waals surface area contributed by atoms with Crippen molar-refractivity contribution in [3.8, 4) is 16.9 Å². The van der Waals surface area contributed by atoms with E-state index >= 15 is 0 Å². The van der Waals surface area contributed by atoms with Gasteiger partial charge in [0, 0.05) is 33.3 Å². The van der Waals surface area contributed by atoms with E-state index in [0.29, 0.717) is 6.42 Å². The molecule has 5 nitrogen and oxygen atoms in total. The Hall–Kier alpha value is -3.90. The molecular weight excluding hydrogens is 514 g/mol. The monoisotopic (exact) mass is 539 g/mol. The number of ether oxygens (including phenoxy) is 1. The molecule has 0 aliphatic heterocycles. The third kappa shape index (κ3) is 5.34. The number of nitrogens with one attached hydrogen (secondary N) is 2. The van der Waals surface area contributed by atoms with Crippen molar-refractivity contribution < 1.29 is 9.53 Å². The van der Waals surface area contributed by atoms with Crippen molar-refractivity contribution in [2.75, 3.05) is 7.11 Å². The van der Waals surface area contributed by atoms with Crippen LogP contribution in [0.4, 0.5) is 0 Å². The molecule has 0 unspecified atom stereocenters. The highest BCUT2D eigenvalue weighted by molar-refractivity contribution is 9.10. The highest BCUT2D eigenvalue weighted by Crippen LogP contribution is 2.30. The van der Waals surface area contributed by atoms with Gasteiger partial charge in [-0.15, -0.1) is 0 Å². The van der Waals surface area contributed by atoms with Gasteiger partial charge in [-0.2, -0.15) is 0 Å². The molecule has 36 heavy (non-hydrogen) atoms. The number of hydrogen-bond acceptors (Lipinski definition) is 3. The van der Waals surface area contributed by atoms with Crippen LogP contribution in [0.15, 0.2) is 102 Å². The number of hydrogen-bond donors (Lipinski definition) is 2. The van der Waals surface area contributed by atoms with Gasteiger partial charge < -0.3 is 15.0 Å². The summed E-state index contributed by atoms with van der Waals surface area (Å²) >= 11 is 3.51. The lowest BCUT2D eigenvalue weighted by Gasteiger charge is -2.21. The molecule has 2 aromatic heterocycles. The van der Waals surface area contributed by atoms with Crippen molar-refractivity contribution in [2.24, 2.45) is 0 Å². The van der Waals surface area contributed by atoms with E-state index in [1.165, 1.54) is 0 Å². The molecule has 2 heterocycles. The van der Waals surface area contributed by atoms with Gasteiger partial charge in [0.15, 0.2) is 0 Å². The van der Waals surface area contributed by atoms with E-state index in [1.54, 1.807) is 13.3 Å². The molecule has 1 amide bonds. The van der Waals surface area contributed by atoms with Crippen LogP contribution in [-0.2, 0) is 17.6 Å². The minimum absolute atomic E-state index is 0.0629. The van der Waals surface area contributed by atoms with Crippen LogP contribution >= 0.6 is 15.9 Å². The summed E-state index contributed by atoms with van der Waals surface area (Å²) in [4.78, 5) is 21.4. The molecule has 0 fully saturated rings. The molecule has 0 radical (unpaired) electrons. The minimum atomic E-state index is -0.292. The molecule has 180 valence electrons. The first-order valence-electron chi connectivity index (χ1n) is 11.8. The summed E-state index contributed by atoms with van der Waals surface area (Å²) in [6.07, 6.45) is 4.56. The van der Waals surface area contributed by atoms with Crippen LogP contribution in [0.25, 0.3) is 22.0 Å². The second-order valence-corrected chi connectivity index (χ2v) is 9.57. The lowest BCUT2D eigenvalue weighted by atomic mass is 9.95. The Bertz CT molecular complexity index is 1480. The summed E-state index contributed by atoms with van der Waals surface area (Å²) in [7, 11) is 1.64. The lowest BCUT2D eigenvalue weighted by molar-refractivity contribution is -0.121. The maximum Gasteiger partial charge on any atom is 0.225 e. The Morgan fingerprint density at radius 1 is 1.03 bits per heavy atom. The van der Waals surface area contributed by atoms with E-state index in [2.05, 4.69) is 56.6 Å². The molecule has 5 aromatic rings. The smallest absolute Gasteiger partial charge is 0.225 e. The second-order valence-electron chi connectivity index (χ2n) is 8.66. The van der Waals surface area contributed by atoms with Crippen LogP contribution in [0.2, 0.25) is 0 Å². The van der Waals surface area contributed by atoms with Crippen molar-refractivity contribution in [1.29, 1.82) is 0 Å². The summed E-state index contributed by atoms with van der Waals surface area (Å²) in [5.41, 5.74) is 5.93. The average Bonchev–Trinajstić information content (AvgIpc) is 3.31. The Morgan fingerprint density at radius 2 is 1.83 bits per heavy atom. The first-order valence-corrected chi connectivity index (χ1v) is 12.6. The number of carbonyl (C=O) groups is 1. The summed E-state index contributed by atoms with van der Waals surface area (Å²) < 4.78 is 6.39. The molecule has 1 atom stereocenters. The van der Waals surface area contributed by atoms with E-state index in [0.717, 1.165) is 49.1 Å². The van der Waals surface area contributed by atoms with Crippen LogP contribution < -0.4 is 10.1 Å². The predicted octanol–water partition coefficient (Wildman–Crippen LogP) is 6.64. The summed E-state index contributed by atoms with van der Waals surface area (Å²) in [5.74, 6) is 0.699. The van der Waals surface area contributed by atoms with Crippen molar-refractivity contribution in [3.63, 3.8) is 0 Å². The number of fused-ring (bicyclic) bond motifs is 1. The fourth-order valence-electron chi connectivity index (χ4n) is 4.48. The van der Waals surface area contributed by atoms with Crippen LogP contribution in [0.1, 0.15) is 22.9 Å². The zero-order valence-corrected chi connectivity index (χ0v) is 21.5. The van der Waals surface area contributed by atoms with E-state index < -0.39 is 0 Å². The molecule has 0 saturated heterocycles. The molecule has 0 aliphatic rings. The van der Waals surface area contributed by atoms with Gasteiger partial charge in [0.25, 0.3) is 0 Å². The van der Waals surface area contributed by atoms with Crippen LogP contribution in [0.5, 0.6) is 5.75 Å². The molecule has 2 N–H and O–H groups in total. The highest BCUT2D eigenvalue weighted by Gasteiger charge is 2.21. The molecular formula is C30H26BrN3O2. The summed E-state index contributed by atoms with van der Waals surface area (Å²) in [6.45, 7) is 0. The van der Waals surface area contributed by atoms with Gasteiger partial charge in [-0.25, -0.2) is 0 Å². The van der Waals surface area contributed by atoms with Gasteiger partial charge in [-0.05, 0) is 59.5 Å². The van der Waals surface area contributed by atoms with Crippen molar-refractivity contribution >= 4 is 32.7 Å². The number of pyridine rings is 1. The second kappa shape index (κ2) is 10.8. The van der Waals surface area contributed by atoms with E-state index in [-0.39, 0.29) is 18.4 Å². The SMILES string of the molecule is COc1ccc2[nH]cc(CC(=O)N[C@@H](Cc3ccccc3)c3ncccc3-c3ccc(Br)cc3)c2c1. The maximum atomic E-state index is 13.4.